The molecule has 34 heavy (non-hydrogen) atoms. The van der Waals surface area contributed by atoms with Gasteiger partial charge in [0.2, 0.25) is 0 Å². The normalized spacial score (nSPS) is 13.7. The number of anilines is 4. The van der Waals surface area contributed by atoms with Gasteiger partial charge in [0.25, 0.3) is 0 Å². The summed E-state index contributed by atoms with van der Waals surface area (Å²) in [5, 5.41) is 2.69. The van der Waals surface area contributed by atoms with E-state index >= 15 is 0 Å². The molecule has 0 spiro atoms. The lowest BCUT2D eigenvalue weighted by atomic mass is 9.59. The van der Waals surface area contributed by atoms with Crippen molar-refractivity contribution in [1.82, 2.24) is 0 Å². The SMILES string of the molecule is c1ccc(N2B3c4ccccc4-c4c(ccc5c4sc4ccccc45)N3c3ccccc32)cc1. The molecule has 4 heteroatoms. The Morgan fingerprint density at radius 1 is 0.529 bits per heavy atom. The van der Waals surface area contributed by atoms with Gasteiger partial charge in [0.05, 0.1) is 11.4 Å². The summed E-state index contributed by atoms with van der Waals surface area (Å²) < 4.78 is 2.72. The predicted octanol–water partition coefficient (Wildman–Crippen LogP) is 7.72. The van der Waals surface area contributed by atoms with Gasteiger partial charge in [-0.15, -0.1) is 11.3 Å². The standard InChI is InChI=1S/C30H19BN2S/c1-2-10-20(11-3-1)32-25-15-7-8-16-26(25)33-27-19-18-22-21-12-5-9-17-28(21)34-30(22)29(27)23-13-4-6-14-24(23)31(32)33/h1-19H. The van der Waals surface area contributed by atoms with Crippen LogP contribution < -0.4 is 15.1 Å². The fourth-order valence-electron chi connectivity index (χ4n) is 5.85. The maximum absolute atomic E-state index is 2.55. The van der Waals surface area contributed by atoms with Crippen LogP contribution in [0.15, 0.2) is 115 Å². The van der Waals surface area contributed by atoms with Gasteiger partial charge in [0.15, 0.2) is 0 Å². The molecule has 0 radical (unpaired) electrons. The van der Waals surface area contributed by atoms with Crippen LogP contribution in [-0.2, 0) is 0 Å². The van der Waals surface area contributed by atoms with Crippen LogP contribution in [0.25, 0.3) is 31.3 Å². The van der Waals surface area contributed by atoms with Gasteiger partial charge in [-0.2, -0.15) is 0 Å². The molecule has 0 saturated heterocycles. The largest absolute Gasteiger partial charge is 0.421 e. The smallest absolute Gasteiger partial charge is 0.360 e. The van der Waals surface area contributed by atoms with Gasteiger partial charge < -0.3 is 9.62 Å². The molecule has 0 atom stereocenters. The molecule has 2 aliphatic heterocycles. The lowest BCUT2D eigenvalue weighted by Crippen LogP contribution is -2.55. The Balaban J connectivity index is 1.49. The number of nitrogens with zero attached hydrogens (tertiary/aromatic N) is 2. The first-order valence-corrected chi connectivity index (χ1v) is 12.5. The average Bonchev–Trinajstić information content (AvgIpc) is 3.45. The topological polar surface area (TPSA) is 6.48 Å². The van der Waals surface area contributed by atoms with Crippen LogP contribution in [0, 0.1) is 0 Å². The Labute approximate surface area is 202 Å². The minimum atomic E-state index is 0.0790. The molecule has 0 N–H and O–H groups in total. The number of fused-ring (bicyclic) bond motifs is 12. The van der Waals surface area contributed by atoms with E-state index in [0.717, 1.165) is 0 Å². The highest BCUT2D eigenvalue weighted by atomic mass is 32.1. The summed E-state index contributed by atoms with van der Waals surface area (Å²) in [6.07, 6.45) is 0. The molecule has 0 bridgehead atoms. The molecular formula is C30H19BN2S. The molecule has 8 rings (SSSR count). The van der Waals surface area contributed by atoms with Crippen molar-refractivity contribution in [1.29, 1.82) is 0 Å². The predicted molar refractivity (Wildman–Crippen MR) is 147 cm³/mol. The summed E-state index contributed by atoms with van der Waals surface area (Å²) in [6, 6.07) is 42.0. The zero-order valence-corrected chi connectivity index (χ0v) is 19.2. The van der Waals surface area contributed by atoms with E-state index in [4.69, 9.17) is 0 Å². The second-order valence-electron chi connectivity index (χ2n) is 8.96. The molecule has 2 aliphatic rings. The fraction of sp³-hybridized carbons (Fsp3) is 0. The molecule has 1 aromatic heterocycles. The van der Waals surface area contributed by atoms with E-state index < -0.39 is 0 Å². The molecule has 0 unspecified atom stereocenters. The van der Waals surface area contributed by atoms with E-state index in [1.54, 1.807) is 0 Å². The third-order valence-electron chi connectivity index (χ3n) is 7.22. The van der Waals surface area contributed by atoms with Gasteiger partial charge >= 0.3 is 6.98 Å². The van der Waals surface area contributed by atoms with Crippen molar-refractivity contribution in [3.05, 3.63) is 115 Å². The van der Waals surface area contributed by atoms with Gasteiger partial charge in [-0.3, -0.25) is 0 Å². The molecule has 6 aromatic rings. The number of benzene rings is 5. The summed E-state index contributed by atoms with van der Waals surface area (Å²) in [4.78, 5) is 5.04. The van der Waals surface area contributed by atoms with E-state index in [9.17, 15) is 0 Å². The van der Waals surface area contributed by atoms with Crippen molar-refractivity contribution in [3.63, 3.8) is 0 Å². The number of para-hydroxylation sites is 3. The average molecular weight is 450 g/mol. The van der Waals surface area contributed by atoms with Crippen LogP contribution >= 0.6 is 11.3 Å². The third kappa shape index (κ3) is 2.31. The van der Waals surface area contributed by atoms with E-state index in [1.807, 2.05) is 11.3 Å². The van der Waals surface area contributed by atoms with Crippen LogP contribution in [0.2, 0.25) is 0 Å². The van der Waals surface area contributed by atoms with Crippen molar-refractivity contribution in [2.45, 2.75) is 0 Å². The highest BCUT2D eigenvalue weighted by Crippen LogP contribution is 2.53. The molecule has 5 aromatic carbocycles. The van der Waals surface area contributed by atoms with Gasteiger partial charge in [-0.05, 0) is 47.4 Å². The quantitative estimate of drug-likeness (QED) is 0.237. The molecule has 158 valence electrons. The second kappa shape index (κ2) is 6.75. The van der Waals surface area contributed by atoms with E-state index in [0.29, 0.717) is 0 Å². The zero-order valence-electron chi connectivity index (χ0n) is 18.3. The number of hydrogen-bond donors (Lipinski definition) is 0. The fourth-order valence-corrected chi connectivity index (χ4v) is 7.11. The van der Waals surface area contributed by atoms with Crippen LogP contribution in [0.3, 0.4) is 0 Å². The molecule has 2 nitrogen and oxygen atoms in total. The molecule has 0 fully saturated rings. The zero-order chi connectivity index (χ0) is 22.2. The molecule has 3 heterocycles. The Bertz CT molecular complexity index is 1740. The lowest BCUT2D eigenvalue weighted by Gasteiger charge is -2.36. The van der Waals surface area contributed by atoms with Crippen molar-refractivity contribution in [3.8, 4) is 11.1 Å². The number of rotatable bonds is 1. The Morgan fingerprint density at radius 2 is 1.24 bits per heavy atom. The van der Waals surface area contributed by atoms with Crippen LogP contribution in [0.1, 0.15) is 0 Å². The van der Waals surface area contributed by atoms with Gasteiger partial charge in [-0.25, -0.2) is 0 Å². The van der Waals surface area contributed by atoms with E-state index in [2.05, 4.69) is 125 Å². The highest BCUT2D eigenvalue weighted by molar-refractivity contribution is 7.26. The summed E-state index contributed by atoms with van der Waals surface area (Å²) in [6.45, 7) is 0.0790. The summed E-state index contributed by atoms with van der Waals surface area (Å²) >= 11 is 1.91. The molecular weight excluding hydrogens is 431 g/mol. The maximum atomic E-state index is 2.55. The number of thiophene rings is 1. The summed E-state index contributed by atoms with van der Waals surface area (Å²) in [7, 11) is 0. The van der Waals surface area contributed by atoms with Gasteiger partial charge in [0, 0.05) is 37.1 Å². The summed E-state index contributed by atoms with van der Waals surface area (Å²) in [5.74, 6) is 0. The van der Waals surface area contributed by atoms with Crippen LogP contribution in [0.5, 0.6) is 0 Å². The van der Waals surface area contributed by atoms with Crippen LogP contribution in [0.4, 0.5) is 22.7 Å². The summed E-state index contributed by atoms with van der Waals surface area (Å²) in [5.41, 5.74) is 9.04. The lowest BCUT2D eigenvalue weighted by molar-refractivity contribution is 1.39. The van der Waals surface area contributed by atoms with Crippen LogP contribution in [-0.4, -0.2) is 6.98 Å². The Kier molecular flexibility index (Phi) is 3.66. The Hall–Kier alpha value is -4.02. The second-order valence-corrected chi connectivity index (χ2v) is 10.0. The molecule has 0 amide bonds. The minimum Gasteiger partial charge on any atom is -0.360 e. The molecule has 0 saturated carbocycles. The van der Waals surface area contributed by atoms with Crippen molar-refractivity contribution >= 4 is 66.7 Å². The Morgan fingerprint density at radius 3 is 2.12 bits per heavy atom. The van der Waals surface area contributed by atoms with Crippen molar-refractivity contribution in [2.24, 2.45) is 0 Å². The first-order valence-electron chi connectivity index (χ1n) is 11.7. The van der Waals surface area contributed by atoms with Gasteiger partial charge in [-0.1, -0.05) is 78.9 Å². The van der Waals surface area contributed by atoms with Gasteiger partial charge in [0.1, 0.15) is 0 Å². The maximum Gasteiger partial charge on any atom is 0.421 e. The minimum absolute atomic E-state index is 0.0790. The van der Waals surface area contributed by atoms with E-state index in [-0.39, 0.29) is 6.98 Å². The highest BCUT2D eigenvalue weighted by Gasteiger charge is 2.48. The number of hydrogen-bond acceptors (Lipinski definition) is 3. The first-order chi connectivity index (χ1) is 16.9. The third-order valence-corrected chi connectivity index (χ3v) is 8.42. The monoisotopic (exact) mass is 450 g/mol. The first kappa shape index (κ1) is 18.4. The molecule has 0 aliphatic carbocycles. The van der Waals surface area contributed by atoms with E-state index in [1.165, 1.54) is 59.5 Å². The van der Waals surface area contributed by atoms with Crippen molar-refractivity contribution in [2.75, 3.05) is 9.62 Å². The van der Waals surface area contributed by atoms with Crippen molar-refractivity contribution < 1.29 is 0 Å².